The first-order valence-electron chi connectivity index (χ1n) is 3.85. The SMILES string of the molecule is COC(=O)[C@H](N)C[C@@H]1CC(Cl)=NO1. The van der Waals surface area contributed by atoms with Crippen LogP contribution in [0.1, 0.15) is 12.8 Å². The predicted molar refractivity (Wildman–Crippen MR) is 47.4 cm³/mol. The average molecular weight is 207 g/mol. The van der Waals surface area contributed by atoms with E-state index in [1.807, 2.05) is 0 Å². The highest BCUT2D eigenvalue weighted by Gasteiger charge is 2.25. The number of rotatable bonds is 3. The van der Waals surface area contributed by atoms with E-state index in [1.54, 1.807) is 0 Å². The van der Waals surface area contributed by atoms with E-state index >= 15 is 0 Å². The Morgan fingerprint density at radius 3 is 3.15 bits per heavy atom. The van der Waals surface area contributed by atoms with Gasteiger partial charge in [0.05, 0.1) is 7.11 Å². The molecule has 5 nitrogen and oxygen atoms in total. The zero-order valence-electron chi connectivity index (χ0n) is 7.20. The summed E-state index contributed by atoms with van der Waals surface area (Å²) < 4.78 is 4.46. The molecular weight excluding hydrogens is 196 g/mol. The molecular formula is C7H11ClN2O3. The summed E-state index contributed by atoms with van der Waals surface area (Å²) in [6.45, 7) is 0. The molecule has 0 unspecified atom stereocenters. The molecule has 0 aromatic heterocycles. The van der Waals surface area contributed by atoms with Crippen LogP contribution in [0.4, 0.5) is 0 Å². The van der Waals surface area contributed by atoms with Crippen molar-refractivity contribution in [3.63, 3.8) is 0 Å². The Morgan fingerprint density at radius 2 is 2.69 bits per heavy atom. The van der Waals surface area contributed by atoms with Crippen molar-refractivity contribution in [1.82, 2.24) is 0 Å². The minimum Gasteiger partial charge on any atom is -0.468 e. The first-order valence-corrected chi connectivity index (χ1v) is 4.23. The van der Waals surface area contributed by atoms with E-state index < -0.39 is 12.0 Å². The minimum atomic E-state index is -0.673. The molecule has 0 saturated heterocycles. The second-order valence-electron chi connectivity index (χ2n) is 2.76. The molecule has 1 aliphatic rings. The number of methoxy groups -OCH3 is 1. The predicted octanol–water partition coefficient (Wildman–Crippen LogP) is 0.218. The number of nitrogens with zero attached hydrogens (tertiary/aromatic N) is 1. The van der Waals surface area contributed by atoms with Crippen LogP contribution in [0.5, 0.6) is 0 Å². The minimum absolute atomic E-state index is 0.207. The van der Waals surface area contributed by atoms with Crippen molar-refractivity contribution < 1.29 is 14.4 Å². The van der Waals surface area contributed by atoms with Gasteiger partial charge in [-0.3, -0.25) is 4.79 Å². The first-order chi connectivity index (χ1) is 6.13. The molecule has 0 bridgehead atoms. The van der Waals surface area contributed by atoms with Crippen LogP contribution in [0, 0.1) is 0 Å². The van der Waals surface area contributed by atoms with Crippen molar-refractivity contribution in [2.45, 2.75) is 25.0 Å². The van der Waals surface area contributed by atoms with E-state index in [2.05, 4.69) is 9.89 Å². The Morgan fingerprint density at radius 1 is 2.00 bits per heavy atom. The summed E-state index contributed by atoms with van der Waals surface area (Å²) in [5.41, 5.74) is 5.50. The molecule has 0 amide bonds. The van der Waals surface area contributed by atoms with Crippen LogP contribution in [0.25, 0.3) is 0 Å². The molecule has 74 valence electrons. The van der Waals surface area contributed by atoms with Crippen molar-refractivity contribution >= 4 is 22.7 Å². The van der Waals surface area contributed by atoms with Gasteiger partial charge in [0.15, 0.2) is 0 Å². The third kappa shape index (κ3) is 2.86. The van der Waals surface area contributed by atoms with Gasteiger partial charge in [-0.15, -0.1) is 0 Å². The largest absolute Gasteiger partial charge is 0.468 e. The fourth-order valence-electron chi connectivity index (χ4n) is 1.05. The smallest absolute Gasteiger partial charge is 0.322 e. The normalized spacial score (nSPS) is 23.3. The van der Waals surface area contributed by atoms with Gasteiger partial charge in [-0.25, -0.2) is 0 Å². The van der Waals surface area contributed by atoms with Gasteiger partial charge in [0, 0.05) is 12.8 Å². The molecule has 0 aromatic rings. The number of halogens is 1. The summed E-state index contributed by atoms with van der Waals surface area (Å²) in [6, 6.07) is -0.673. The Balaban J connectivity index is 2.30. The second kappa shape index (κ2) is 4.43. The van der Waals surface area contributed by atoms with E-state index in [0.717, 1.165) is 0 Å². The van der Waals surface area contributed by atoms with Crippen molar-refractivity contribution in [2.24, 2.45) is 10.9 Å². The van der Waals surface area contributed by atoms with Crippen LogP contribution in [-0.4, -0.2) is 30.4 Å². The Hall–Kier alpha value is -0.810. The van der Waals surface area contributed by atoms with E-state index in [1.165, 1.54) is 7.11 Å². The maximum atomic E-state index is 10.9. The monoisotopic (exact) mass is 206 g/mol. The molecule has 13 heavy (non-hydrogen) atoms. The number of carbonyl (C=O) groups is 1. The third-order valence-electron chi connectivity index (χ3n) is 1.72. The quantitative estimate of drug-likeness (QED) is 0.671. The lowest BCUT2D eigenvalue weighted by Crippen LogP contribution is -2.35. The molecule has 1 aliphatic heterocycles. The fourth-order valence-corrected chi connectivity index (χ4v) is 1.26. The van der Waals surface area contributed by atoms with Crippen LogP contribution in [-0.2, 0) is 14.4 Å². The van der Waals surface area contributed by atoms with Crippen molar-refractivity contribution in [3.8, 4) is 0 Å². The van der Waals surface area contributed by atoms with Crippen molar-refractivity contribution in [2.75, 3.05) is 7.11 Å². The molecule has 0 spiro atoms. The maximum Gasteiger partial charge on any atom is 0.322 e. The van der Waals surface area contributed by atoms with Crippen molar-refractivity contribution in [1.29, 1.82) is 0 Å². The van der Waals surface area contributed by atoms with Crippen LogP contribution < -0.4 is 5.73 Å². The van der Waals surface area contributed by atoms with Crippen LogP contribution in [0.2, 0.25) is 0 Å². The average Bonchev–Trinajstić information content (AvgIpc) is 2.49. The zero-order chi connectivity index (χ0) is 9.84. The molecule has 0 aliphatic carbocycles. The number of hydrogen-bond donors (Lipinski definition) is 1. The van der Waals surface area contributed by atoms with Crippen LogP contribution >= 0.6 is 11.6 Å². The van der Waals surface area contributed by atoms with Gasteiger partial charge in [0.25, 0.3) is 0 Å². The molecule has 1 heterocycles. The molecule has 1 rings (SSSR count). The lowest BCUT2D eigenvalue weighted by Gasteiger charge is -2.12. The van der Waals surface area contributed by atoms with Gasteiger partial charge in [-0.2, -0.15) is 0 Å². The summed E-state index contributed by atoms with van der Waals surface area (Å²) in [7, 11) is 1.29. The Bertz CT molecular complexity index is 232. The lowest BCUT2D eigenvalue weighted by molar-refractivity contribution is -0.143. The van der Waals surface area contributed by atoms with Gasteiger partial charge >= 0.3 is 5.97 Å². The number of esters is 1. The highest BCUT2D eigenvalue weighted by atomic mass is 35.5. The number of ether oxygens (including phenoxy) is 1. The van der Waals surface area contributed by atoms with Gasteiger partial charge in [0.2, 0.25) is 0 Å². The molecule has 2 N–H and O–H groups in total. The molecule has 6 heteroatoms. The maximum absolute atomic E-state index is 10.9. The number of oxime groups is 1. The lowest BCUT2D eigenvalue weighted by atomic mass is 10.1. The highest BCUT2D eigenvalue weighted by molar-refractivity contribution is 6.65. The summed E-state index contributed by atoms with van der Waals surface area (Å²) in [6.07, 6.45) is 0.667. The Labute approximate surface area is 80.8 Å². The number of carbonyl (C=O) groups excluding carboxylic acids is 1. The van der Waals surface area contributed by atoms with Crippen LogP contribution in [0.3, 0.4) is 0 Å². The summed E-state index contributed by atoms with van der Waals surface area (Å²) >= 11 is 5.57. The third-order valence-corrected chi connectivity index (χ3v) is 1.94. The molecule has 0 aromatic carbocycles. The van der Waals surface area contributed by atoms with E-state index in [0.29, 0.717) is 18.0 Å². The standard InChI is InChI=1S/C7H11ClN2O3/c1-12-7(11)5(9)2-4-3-6(8)10-13-4/h4-5H,2-3,9H2,1H3/t4-,5-/m1/s1. The van der Waals surface area contributed by atoms with E-state index in [4.69, 9.17) is 22.2 Å². The van der Waals surface area contributed by atoms with Gasteiger partial charge < -0.3 is 15.3 Å². The molecule has 0 fully saturated rings. The van der Waals surface area contributed by atoms with E-state index in [-0.39, 0.29) is 6.10 Å². The van der Waals surface area contributed by atoms with Gasteiger partial charge in [-0.1, -0.05) is 16.8 Å². The molecule has 0 saturated carbocycles. The highest BCUT2D eigenvalue weighted by Crippen LogP contribution is 2.17. The Kier molecular flexibility index (Phi) is 3.50. The molecule has 2 atom stereocenters. The first kappa shape index (κ1) is 10.3. The summed E-state index contributed by atoms with van der Waals surface area (Å²) in [5.74, 6) is -0.452. The van der Waals surface area contributed by atoms with Gasteiger partial charge in [0.1, 0.15) is 17.3 Å². The summed E-state index contributed by atoms with van der Waals surface area (Å²) in [4.78, 5) is 15.8. The number of nitrogens with two attached hydrogens (primary N) is 1. The second-order valence-corrected chi connectivity index (χ2v) is 3.20. The van der Waals surface area contributed by atoms with Crippen LogP contribution in [0.15, 0.2) is 5.16 Å². The van der Waals surface area contributed by atoms with Crippen molar-refractivity contribution in [3.05, 3.63) is 0 Å². The van der Waals surface area contributed by atoms with Gasteiger partial charge in [-0.05, 0) is 0 Å². The van der Waals surface area contributed by atoms with E-state index in [9.17, 15) is 4.79 Å². The zero-order valence-corrected chi connectivity index (χ0v) is 7.95. The number of hydrogen-bond acceptors (Lipinski definition) is 5. The molecule has 0 radical (unpaired) electrons. The topological polar surface area (TPSA) is 73.9 Å². The fraction of sp³-hybridized carbons (Fsp3) is 0.714. The summed E-state index contributed by atoms with van der Waals surface area (Å²) in [5, 5.41) is 3.93.